The van der Waals surface area contributed by atoms with Gasteiger partial charge in [0, 0.05) is 63.1 Å². The number of ether oxygens (including phenoxy) is 1. The van der Waals surface area contributed by atoms with Crippen molar-refractivity contribution in [1.82, 2.24) is 9.80 Å². The van der Waals surface area contributed by atoms with E-state index >= 15 is 0 Å². The molecule has 2 aliphatic heterocycles. The molecule has 0 spiro atoms. The van der Waals surface area contributed by atoms with Crippen LogP contribution in [0, 0.1) is 11.7 Å². The highest BCUT2D eigenvalue weighted by Crippen LogP contribution is 2.28. The Hall–Kier alpha value is -2.97. The second kappa shape index (κ2) is 11.0. The van der Waals surface area contributed by atoms with Crippen LogP contribution in [0.1, 0.15) is 29.8 Å². The van der Waals surface area contributed by atoms with E-state index in [0.29, 0.717) is 37.6 Å². The van der Waals surface area contributed by atoms with E-state index in [1.54, 1.807) is 6.07 Å². The zero-order valence-corrected chi connectivity index (χ0v) is 19.9. The van der Waals surface area contributed by atoms with Gasteiger partial charge in [0.05, 0.1) is 18.8 Å². The van der Waals surface area contributed by atoms with Crippen LogP contribution in [0.4, 0.5) is 15.8 Å². The largest absolute Gasteiger partial charge is 0.378 e. The summed E-state index contributed by atoms with van der Waals surface area (Å²) < 4.78 is 18.6. The van der Waals surface area contributed by atoms with E-state index < -0.39 is 0 Å². The van der Waals surface area contributed by atoms with E-state index in [1.807, 2.05) is 43.0 Å². The number of carbonyl (C=O) groups is 2. The average Bonchev–Trinajstić information content (AvgIpc) is 2.86. The lowest BCUT2D eigenvalue weighted by Crippen LogP contribution is -2.47. The number of hydrogen-bond acceptors (Lipinski definition) is 5. The van der Waals surface area contributed by atoms with Gasteiger partial charge >= 0.3 is 0 Å². The van der Waals surface area contributed by atoms with Gasteiger partial charge < -0.3 is 19.9 Å². The highest BCUT2D eigenvalue weighted by molar-refractivity contribution is 6.02. The molecule has 8 heteroatoms. The Morgan fingerprint density at radius 3 is 2.29 bits per heavy atom. The first-order valence-corrected chi connectivity index (χ1v) is 11.9. The molecule has 0 saturated carbocycles. The van der Waals surface area contributed by atoms with Crippen LogP contribution in [0.5, 0.6) is 0 Å². The Labute approximate surface area is 200 Å². The zero-order valence-electron chi connectivity index (χ0n) is 19.9. The van der Waals surface area contributed by atoms with Crippen LogP contribution in [0.15, 0.2) is 42.5 Å². The molecule has 0 bridgehead atoms. The van der Waals surface area contributed by atoms with Gasteiger partial charge in [0.1, 0.15) is 5.82 Å². The van der Waals surface area contributed by atoms with Crippen molar-refractivity contribution in [2.24, 2.45) is 5.92 Å². The van der Waals surface area contributed by atoms with Gasteiger partial charge in [0.25, 0.3) is 5.91 Å². The van der Waals surface area contributed by atoms with Gasteiger partial charge in [0.2, 0.25) is 5.91 Å². The summed E-state index contributed by atoms with van der Waals surface area (Å²) in [6.45, 7) is 9.89. The summed E-state index contributed by atoms with van der Waals surface area (Å²) in [6, 6.07) is 12.3. The van der Waals surface area contributed by atoms with Gasteiger partial charge in [-0.05, 0) is 35.9 Å². The Balaban J connectivity index is 1.50. The quantitative estimate of drug-likeness (QED) is 0.705. The van der Waals surface area contributed by atoms with Crippen LogP contribution in [-0.2, 0) is 16.1 Å². The van der Waals surface area contributed by atoms with Crippen molar-refractivity contribution < 1.29 is 18.7 Å². The zero-order chi connectivity index (χ0) is 24.1. The molecule has 2 aliphatic rings. The van der Waals surface area contributed by atoms with Gasteiger partial charge in [-0.2, -0.15) is 0 Å². The first-order valence-electron chi connectivity index (χ1n) is 11.9. The fourth-order valence-corrected chi connectivity index (χ4v) is 4.28. The van der Waals surface area contributed by atoms with Crippen LogP contribution >= 0.6 is 0 Å². The summed E-state index contributed by atoms with van der Waals surface area (Å²) in [5.41, 5.74) is 3.22. The van der Waals surface area contributed by atoms with E-state index in [-0.39, 0.29) is 23.5 Å². The molecule has 4 rings (SSSR count). The van der Waals surface area contributed by atoms with E-state index in [2.05, 4.69) is 15.1 Å². The van der Waals surface area contributed by atoms with Crippen molar-refractivity contribution in [3.8, 4) is 0 Å². The van der Waals surface area contributed by atoms with E-state index in [1.165, 1.54) is 12.1 Å². The molecule has 0 unspecified atom stereocenters. The monoisotopic (exact) mass is 468 g/mol. The van der Waals surface area contributed by atoms with Crippen molar-refractivity contribution in [2.75, 3.05) is 62.7 Å². The minimum Gasteiger partial charge on any atom is -0.378 e. The lowest BCUT2D eigenvalue weighted by atomic mass is 10.1. The highest BCUT2D eigenvalue weighted by atomic mass is 19.1. The van der Waals surface area contributed by atoms with Crippen LogP contribution in [0.2, 0.25) is 0 Å². The molecule has 2 saturated heterocycles. The topological polar surface area (TPSA) is 65.1 Å². The van der Waals surface area contributed by atoms with Crippen molar-refractivity contribution in [3.05, 3.63) is 59.4 Å². The Morgan fingerprint density at radius 2 is 1.65 bits per heavy atom. The number of halogens is 1. The normalized spacial score (nSPS) is 17.2. The number of benzene rings is 2. The molecular weight excluding hydrogens is 435 g/mol. The summed E-state index contributed by atoms with van der Waals surface area (Å²) >= 11 is 0. The third-order valence-corrected chi connectivity index (χ3v) is 6.35. The Morgan fingerprint density at radius 1 is 0.971 bits per heavy atom. The maximum atomic E-state index is 13.5. The molecule has 0 aliphatic carbocycles. The van der Waals surface area contributed by atoms with Crippen LogP contribution in [0.25, 0.3) is 0 Å². The van der Waals surface area contributed by atoms with E-state index in [0.717, 1.165) is 44.0 Å². The van der Waals surface area contributed by atoms with Gasteiger partial charge in [-0.15, -0.1) is 0 Å². The molecule has 34 heavy (non-hydrogen) atoms. The fourth-order valence-electron chi connectivity index (χ4n) is 4.28. The first-order chi connectivity index (χ1) is 16.4. The minimum atomic E-state index is -0.223. The molecule has 2 aromatic carbocycles. The molecular formula is C26H33FN4O3. The van der Waals surface area contributed by atoms with Crippen molar-refractivity contribution in [2.45, 2.75) is 20.4 Å². The molecule has 2 amide bonds. The SMILES string of the molecule is CC(C)C(=O)Nc1ccc(N2CCN(Cc3ccc(F)cc3)CC2)c(C(=O)N2CCOCC2)c1. The Kier molecular flexibility index (Phi) is 7.80. The number of anilines is 2. The van der Waals surface area contributed by atoms with Crippen LogP contribution in [0.3, 0.4) is 0 Å². The second-order valence-electron chi connectivity index (χ2n) is 9.17. The predicted octanol–water partition coefficient (Wildman–Crippen LogP) is 3.21. The number of piperazine rings is 1. The van der Waals surface area contributed by atoms with Crippen LogP contribution in [-0.4, -0.2) is 74.1 Å². The number of amides is 2. The smallest absolute Gasteiger partial charge is 0.256 e. The third kappa shape index (κ3) is 5.93. The van der Waals surface area contributed by atoms with Gasteiger partial charge in [-0.25, -0.2) is 4.39 Å². The van der Waals surface area contributed by atoms with Crippen molar-refractivity contribution in [1.29, 1.82) is 0 Å². The maximum absolute atomic E-state index is 13.5. The van der Waals surface area contributed by atoms with Gasteiger partial charge in [-0.3, -0.25) is 14.5 Å². The molecule has 2 aromatic rings. The molecule has 2 heterocycles. The summed E-state index contributed by atoms with van der Waals surface area (Å²) in [5.74, 6) is -0.481. The number of hydrogen-bond donors (Lipinski definition) is 1. The first kappa shape index (κ1) is 24.2. The highest BCUT2D eigenvalue weighted by Gasteiger charge is 2.26. The number of nitrogens with one attached hydrogen (secondary N) is 1. The Bertz CT molecular complexity index is 998. The second-order valence-corrected chi connectivity index (χ2v) is 9.17. The van der Waals surface area contributed by atoms with Crippen molar-refractivity contribution >= 4 is 23.2 Å². The number of carbonyl (C=O) groups excluding carboxylic acids is 2. The fraction of sp³-hybridized carbons (Fsp3) is 0.462. The predicted molar refractivity (Wildman–Crippen MR) is 131 cm³/mol. The summed E-state index contributed by atoms with van der Waals surface area (Å²) in [6.07, 6.45) is 0. The standard InChI is InChI=1S/C26H33FN4O3/c1-19(2)25(32)28-22-7-8-24(23(17-22)26(33)31-13-15-34-16-14-31)30-11-9-29(10-12-30)18-20-3-5-21(27)6-4-20/h3-8,17,19H,9-16,18H2,1-2H3,(H,28,32). The molecule has 182 valence electrons. The lowest BCUT2D eigenvalue weighted by molar-refractivity contribution is -0.118. The maximum Gasteiger partial charge on any atom is 0.256 e. The number of morpholine rings is 1. The number of rotatable bonds is 6. The molecule has 1 N–H and O–H groups in total. The molecule has 7 nitrogen and oxygen atoms in total. The van der Waals surface area contributed by atoms with E-state index in [9.17, 15) is 14.0 Å². The third-order valence-electron chi connectivity index (χ3n) is 6.35. The average molecular weight is 469 g/mol. The van der Waals surface area contributed by atoms with Crippen molar-refractivity contribution in [3.63, 3.8) is 0 Å². The molecule has 0 aromatic heterocycles. The summed E-state index contributed by atoms with van der Waals surface area (Å²) in [5, 5.41) is 2.92. The molecule has 0 atom stereocenters. The van der Waals surface area contributed by atoms with E-state index in [4.69, 9.17) is 4.74 Å². The van der Waals surface area contributed by atoms with Gasteiger partial charge in [0.15, 0.2) is 0 Å². The summed E-state index contributed by atoms with van der Waals surface area (Å²) in [7, 11) is 0. The molecule has 0 radical (unpaired) electrons. The van der Waals surface area contributed by atoms with Gasteiger partial charge in [-0.1, -0.05) is 26.0 Å². The number of nitrogens with zero attached hydrogens (tertiary/aromatic N) is 3. The summed E-state index contributed by atoms with van der Waals surface area (Å²) in [4.78, 5) is 32.1. The molecule has 2 fully saturated rings. The van der Waals surface area contributed by atoms with Crippen LogP contribution < -0.4 is 10.2 Å². The lowest BCUT2D eigenvalue weighted by Gasteiger charge is -2.37. The minimum absolute atomic E-state index is 0.0345.